The smallest absolute Gasteiger partial charge is 0.346 e. The molecular formula is C23H16BrF3N8. The van der Waals surface area contributed by atoms with Crippen molar-refractivity contribution in [1.82, 2.24) is 29.1 Å². The third kappa shape index (κ3) is 3.55. The maximum absolute atomic E-state index is 13.2. The fourth-order valence-corrected chi connectivity index (χ4v) is 4.92. The molecule has 0 radical (unpaired) electrons. The molecule has 6 rings (SSSR count). The summed E-state index contributed by atoms with van der Waals surface area (Å²) >= 11 is 3.55. The fraction of sp³-hybridized carbons (Fsp3) is 0.174. The molecule has 0 fully saturated rings. The van der Waals surface area contributed by atoms with Crippen LogP contribution in [0.4, 0.5) is 24.8 Å². The summed E-state index contributed by atoms with van der Waals surface area (Å²) in [5.41, 5.74) is 2.10. The summed E-state index contributed by atoms with van der Waals surface area (Å²) in [4.78, 5) is 19.2. The zero-order chi connectivity index (χ0) is 24.3. The monoisotopic (exact) mass is 540 g/mol. The van der Waals surface area contributed by atoms with Crippen LogP contribution in [0, 0.1) is 0 Å². The molecule has 5 heterocycles. The van der Waals surface area contributed by atoms with Gasteiger partial charge >= 0.3 is 6.18 Å². The highest BCUT2D eigenvalue weighted by Gasteiger charge is 2.36. The number of pyridine rings is 1. The van der Waals surface area contributed by atoms with Crippen molar-refractivity contribution < 1.29 is 13.2 Å². The predicted molar refractivity (Wildman–Crippen MR) is 129 cm³/mol. The van der Waals surface area contributed by atoms with E-state index in [2.05, 4.69) is 42.7 Å². The van der Waals surface area contributed by atoms with Crippen molar-refractivity contribution in [2.75, 3.05) is 11.4 Å². The second kappa shape index (κ2) is 7.87. The van der Waals surface area contributed by atoms with E-state index in [-0.39, 0.29) is 6.54 Å². The van der Waals surface area contributed by atoms with E-state index in [1.165, 1.54) is 4.57 Å². The Hall–Kier alpha value is -3.80. The van der Waals surface area contributed by atoms with Crippen LogP contribution in [-0.4, -0.2) is 42.4 Å². The van der Waals surface area contributed by atoms with Crippen molar-refractivity contribution in [2.45, 2.75) is 19.3 Å². The Morgan fingerprint density at radius 2 is 1.91 bits per heavy atom. The van der Waals surface area contributed by atoms with Gasteiger partial charge in [-0.1, -0.05) is 18.2 Å². The number of benzene rings is 1. The second-order valence-electron chi connectivity index (χ2n) is 8.10. The highest BCUT2D eigenvalue weighted by atomic mass is 79.9. The number of anilines is 1. The lowest BCUT2D eigenvalue weighted by molar-refractivity contribution is -0.141. The van der Waals surface area contributed by atoms with Gasteiger partial charge in [0.05, 0.1) is 18.3 Å². The highest BCUT2D eigenvalue weighted by molar-refractivity contribution is 9.10. The van der Waals surface area contributed by atoms with Crippen molar-refractivity contribution >= 4 is 50.8 Å². The average molecular weight is 541 g/mol. The molecule has 4 aromatic heterocycles. The topological polar surface area (TPSA) is 76.5 Å². The summed E-state index contributed by atoms with van der Waals surface area (Å²) in [6.45, 7) is 4.63. The van der Waals surface area contributed by atoms with Gasteiger partial charge in [-0.3, -0.25) is 4.98 Å². The van der Waals surface area contributed by atoms with Gasteiger partial charge in [0.1, 0.15) is 16.1 Å². The van der Waals surface area contributed by atoms with Gasteiger partial charge in [-0.25, -0.2) is 15.0 Å². The van der Waals surface area contributed by atoms with Crippen LogP contribution in [-0.2, 0) is 19.3 Å². The Morgan fingerprint density at radius 1 is 1.09 bits per heavy atom. The normalized spacial score (nSPS) is 14.0. The summed E-state index contributed by atoms with van der Waals surface area (Å²) in [6, 6.07) is 9.81. The molecule has 1 aliphatic heterocycles. The zero-order valence-electron chi connectivity index (χ0n) is 18.0. The molecule has 0 aliphatic carbocycles. The van der Waals surface area contributed by atoms with Crippen molar-refractivity contribution in [3.63, 3.8) is 0 Å². The van der Waals surface area contributed by atoms with Gasteiger partial charge in [-0.15, -0.1) is 0 Å². The molecule has 0 bridgehead atoms. The van der Waals surface area contributed by atoms with Crippen LogP contribution in [0.1, 0.15) is 11.5 Å². The number of para-hydroxylation sites is 1. The van der Waals surface area contributed by atoms with E-state index in [0.29, 0.717) is 40.7 Å². The number of alkyl halides is 3. The van der Waals surface area contributed by atoms with Crippen LogP contribution in [0.3, 0.4) is 0 Å². The van der Waals surface area contributed by atoms with Crippen LogP contribution < -0.4 is 4.90 Å². The molecule has 0 saturated heterocycles. The van der Waals surface area contributed by atoms with E-state index in [4.69, 9.17) is 4.98 Å². The van der Waals surface area contributed by atoms with E-state index in [1.807, 2.05) is 35.2 Å². The Morgan fingerprint density at radius 3 is 2.71 bits per heavy atom. The van der Waals surface area contributed by atoms with E-state index in [0.717, 1.165) is 28.2 Å². The molecule has 35 heavy (non-hydrogen) atoms. The Labute approximate surface area is 204 Å². The third-order valence-electron chi connectivity index (χ3n) is 5.99. The highest BCUT2D eigenvalue weighted by Crippen LogP contribution is 2.38. The maximum Gasteiger partial charge on any atom is 0.434 e. The van der Waals surface area contributed by atoms with Gasteiger partial charge in [-0.2, -0.15) is 22.8 Å². The van der Waals surface area contributed by atoms with Crippen LogP contribution in [0.25, 0.3) is 27.7 Å². The minimum absolute atomic E-state index is 0.162. The van der Waals surface area contributed by atoms with E-state index in [1.54, 1.807) is 16.9 Å². The molecule has 5 aromatic rings. The molecule has 12 heteroatoms. The van der Waals surface area contributed by atoms with Gasteiger partial charge in [0.25, 0.3) is 0 Å². The number of fused-ring (bicyclic) bond motifs is 3. The summed E-state index contributed by atoms with van der Waals surface area (Å²) < 4.78 is 43.1. The Kier molecular flexibility index (Phi) is 4.88. The Bertz CT molecular complexity index is 1620. The minimum atomic E-state index is -4.49. The number of rotatable bonds is 3. The molecule has 0 amide bonds. The van der Waals surface area contributed by atoms with Crippen molar-refractivity contribution in [2.24, 2.45) is 4.99 Å². The quantitative estimate of drug-likeness (QED) is 0.291. The van der Waals surface area contributed by atoms with Crippen LogP contribution in [0.15, 0.2) is 58.4 Å². The summed E-state index contributed by atoms with van der Waals surface area (Å²) in [5, 5.41) is 5.44. The lowest BCUT2D eigenvalue weighted by Gasteiger charge is -2.29. The number of nitrogens with zero attached hydrogens (tertiary/aromatic N) is 8. The molecule has 1 aliphatic rings. The summed E-state index contributed by atoms with van der Waals surface area (Å²) in [7, 11) is 0. The van der Waals surface area contributed by atoms with E-state index in [9.17, 15) is 13.2 Å². The first-order valence-electron chi connectivity index (χ1n) is 10.6. The van der Waals surface area contributed by atoms with Crippen molar-refractivity contribution in [3.05, 3.63) is 64.9 Å². The minimum Gasteiger partial charge on any atom is -0.346 e. The van der Waals surface area contributed by atoms with Crippen LogP contribution in [0.2, 0.25) is 0 Å². The second-order valence-corrected chi connectivity index (χ2v) is 8.89. The molecule has 176 valence electrons. The van der Waals surface area contributed by atoms with Crippen molar-refractivity contribution in [1.29, 1.82) is 0 Å². The van der Waals surface area contributed by atoms with Gasteiger partial charge in [0.15, 0.2) is 17.2 Å². The van der Waals surface area contributed by atoms with Crippen molar-refractivity contribution in [3.8, 4) is 11.1 Å². The number of halogens is 4. The van der Waals surface area contributed by atoms with Gasteiger partial charge in [0.2, 0.25) is 0 Å². The Balaban J connectivity index is 1.46. The molecule has 8 nitrogen and oxygen atoms in total. The van der Waals surface area contributed by atoms with Gasteiger partial charge in [-0.05, 0) is 34.8 Å². The molecule has 0 saturated carbocycles. The standard InChI is InChI=1S/C23H16BrF3N8/c1-28-21-19(24)22(34-7-6-33-11-17(23(25,26)27)31-18(33)12-34)32-20-15(10-30-35(20)21)14-8-13-4-2-3-5-16(13)29-9-14/h2-5,8-11H,1,6-7,12H2. The third-order valence-corrected chi connectivity index (χ3v) is 6.70. The molecule has 0 spiro atoms. The molecule has 0 unspecified atom stereocenters. The van der Waals surface area contributed by atoms with Crippen LogP contribution in [0.5, 0.6) is 0 Å². The number of aliphatic imine (C=N–C) groups is 1. The lowest BCUT2D eigenvalue weighted by atomic mass is 10.1. The number of hydrogen-bond donors (Lipinski definition) is 0. The largest absolute Gasteiger partial charge is 0.434 e. The number of hydrogen-bond acceptors (Lipinski definition) is 6. The number of aromatic nitrogens is 6. The zero-order valence-corrected chi connectivity index (χ0v) is 19.6. The predicted octanol–water partition coefficient (Wildman–Crippen LogP) is 5.27. The lowest BCUT2D eigenvalue weighted by Crippen LogP contribution is -2.34. The van der Waals surface area contributed by atoms with E-state index >= 15 is 0 Å². The van der Waals surface area contributed by atoms with Gasteiger partial charge < -0.3 is 9.47 Å². The summed E-state index contributed by atoms with van der Waals surface area (Å²) in [5.74, 6) is 1.28. The maximum atomic E-state index is 13.2. The first-order chi connectivity index (χ1) is 16.8. The molecule has 0 N–H and O–H groups in total. The SMILES string of the molecule is C=Nc1c(Br)c(N2CCn3cc(C(F)(F)F)nc3C2)nc2c(-c3cnc4ccccc4c3)cnn12. The van der Waals surface area contributed by atoms with Gasteiger partial charge in [0, 0.05) is 42.0 Å². The number of imidazole rings is 1. The van der Waals surface area contributed by atoms with Crippen LogP contribution >= 0.6 is 15.9 Å². The molecule has 1 aromatic carbocycles. The molecular weight excluding hydrogens is 525 g/mol. The fourth-order valence-electron chi connectivity index (χ4n) is 4.28. The first kappa shape index (κ1) is 21.7. The molecule has 0 atom stereocenters. The van der Waals surface area contributed by atoms with E-state index < -0.39 is 11.9 Å². The first-order valence-corrected chi connectivity index (χ1v) is 11.4. The summed E-state index contributed by atoms with van der Waals surface area (Å²) in [6.07, 6.45) is 0.0156. The average Bonchev–Trinajstić information content (AvgIpc) is 3.47.